The molecule has 6 heteroatoms. The summed E-state index contributed by atoms with van der Waals surface area (Å²) in [5, 5.41) is 2.80. The lowest BCUT2D eigenvalue weighted by atomic mass is 10.0. The lowest BCUT2D eigenvalue weighted by Crippen LogP contribution is -2.09. The van der Waals surface area contributed by atoms with Crippen molar-refractivity contribution in [2.75, 3.05) is 12.4 Å². The molecule has 0 unspecified atom stereocenters. The largest absolute Gasteiger partial charge is 0.494 e. The number of hydrogen-bond donors (Lipinski definition) is 1. The van der Waals surface area contributed by atoms with Crippen molar-refractivity contribution in [3.63, 3.8) is 0 Å². The normalized spacial score (nSPS) is 10.9. The Hall–Kier alpha value is -3.54. The summed E-state index contributed by atoms with van der Waals surface area (Å²) in [6, 6.07) is 11.1. The van der Waals surface area contributed by atoms with E-state index < -0.39 is 11.6 Å². The van der Waals surface area contributed by atoms with E-state index in [0.717, 1.165) is 17.3 Å². The van der Waals surface area contributed by atoms with E-state index in [1.165, 1.54) is 31.4 Å². The molecule has 3 aromatic rings. The van der Waals surface area contributed by atoms with E-state index in [2.05, 4.69) is 10.3 Å². The van der Waals surface area contributed by atoms with Gasteiger partial charge >= 0.3 is 0 Å². The molecule has 0 spiro atoms. The van der Waals surface area contributed by atoms with Crippen LogP contribution in [0.2, 0.25) is 0 Å². The van der Waals surface area contributed by atoms with Crippen molar-refractivity contribution in [1.29, 1.82) is 0 Å². The van der Waals surface area contributed by atoms with Gasteiger partial charge < -0.3 is 10.1 Å². The van der Waals surface area contributed by atoms with Crippen LogP contribution in [0.15, 0.2) is 60.9 Å². The van der Waals surface area contributed by atoms with Crippen LogP contribution in [0.5, 0.6) is 5.75 Å². The number of rotatable bonds is 5. The van der Waals surface area contributed by atoms with Crippen LogP contribution in [0.25, 0.3) is 17.2 Å². The molecule has 0 saturated carbocycles. The molecule has 3 rings (SSSR count). The van der Waals surface area contributed by atoms with Crippen molar-refractivity contribution in [2.24, 2.45) is 0 Å². The number of benzene rings is 2. The Morgan fingerprint density at radius 3 is 2.64 bits per heavy atom. The van der Waals surface area contributed by atoms with E-state index in [1.807, 2.05) is 19.1 Å². The first kappa shape index (κ1) is 19.2. The van der Waals surface area contributed by atoms with Gasteiger partial charge in [0, 0.05) is 23.5 Å². The maximum atomic E-state index is 13.4. The molecule has 0 bridgehead atoms. The van der Waals surface area contributed by atoms with E-state index in [1.54, 1.807) is 24.4 Å². The minimum absolute atomic E-state index is 0.106. The first-order valence-electron chi connectivity index (χ1n) is 8.50. The summed E-state index contributed by atoms with van der Waals surface area (Å²) in [4.78, 5) is 16.1. The zero-order chi connectivity index (χ0) is 20.1. The molecule has 0 aliphatic heterocycles. The predicted octanol–water partition coefficient (Wildman–Crippen LogP) is 5.00. The van der Waals surface area contributed by atoms with Crippen LogP contribution in [0.3, 0.4) is 0 Å². The number of hydrogen-bond acceptors (Lipinski definition) is 3. The van der Waals surface area contributed by atoms with Gasteiger partial charge in [0.1, 0.15) is 5.82 Å². The molecule has 28 heavy (non-hydrogen) atoms. The zero-order valence-electron chi connectivity index (χ0n) is 15.4. The zero-order valence-corrected chi connectivity index (χ0v) is 15.4. The van der Waals surface area contributed by atoms with Gasteiger partial charge in [-0.05, 0) is 54.0 Å². The second-order valence-corrected chi connectivity index (χ2v) is 6.14. The first-order valence-corrected chi connectivity index (χ1v) is 8.50. The first-order chi connectivity index (χ1) is 13.5. The van der Waals surface area contributed by atoms with Crippen LogP contribution >= 0.6 is 0 Å². The van der Waals surface area contributed by atoms with Gasteiger partial charge in [0.05, 0.1) is 13.3 Å². The number of carbonyl (C=O) groups is 1. The lowest BCUT2D eigenvalue weighted by Gasteiger charge is -2.10. The highest BCUT2D eigenvalue weighted by atomic mass is 19.1. The third-order valence-corrected chi connectivity index (χ3v) is 4.14. The molecule has 4 nitrogen and oxygen atoms in total. The van der Waals surface area contributed by atoms with Gasteiger partial charge in [-0.3, -0.25) is 9.78 Å². The van der Waals surface area contributed by atoms with Crippen LogP contribution < -0.4 is 10.1 Å². The molecule has 0 fully saturated rings. The molecule has 1 amide bonds. The standard InChI is InChI=1S/C22H18F2N2O2/c1-14-3-6-16(17-10-18(23)13-25-12-17)11-20(14)26-22(27)8-5-15-4-7-19(24)21(9-15)28-2/h3-13H,1-2H3,(H,26,27)/b8-5+. The summed E-state index contributed by atoms with van der Waals surface area (Å²) in [5.74, 6) is -1.14. The average Bonchev–Trinajstić information content (AvgIpc) is 2.69. The summed E-state index contributed by atoms with van der Waals surface area (Å²) < 4.78 is 31.8. The van der Waals surface area contributed by atoms with E-state index in [4.69, 9.17) is 4.74 Å². The third-order valence-electron chi connectivity index (χ3n) is 4.14. The molecule has 0 saturated heterocycles. The number of pyridine rings is 1. The smallest absolute Gasteiger partial charge is 0.248 e. The molecular weight excluding hydrogens is 362 g/mol. The van der Waals surface area contributed by atoms with Gasteiger partial charge in [-0.15, -0.1) is 0 Å². The highest BCUT2D eigenvalue weighted by molar-refractivity contribution is 6.02. The number of methoxy groups -OCH3 is 1. The highest BCUT2D eigenvalue weighted by Gasteiger charge is 2.07. The number of anilines is 1. The Balaban J connectivity index is 1.77. The summed E-state index contributed by atoms with van der Waals surface area (Å²) in [7, 11) is 1.38. The number of amides is 1. The van der Waals surface area contributed by atoms with E-state index >= 15 is 0 Å². The fourth-order valence-corrected chi connectivity index (χ4v) is 2.63. The highest BCUT2D eigenvalue weighted by Crippen LogP contribution is 2.25. The van der Waals surface area contributed by atoms with Crippen LogP contribution in [0.4, 0.5) is 14.5 Å². The van der Waals surface area contributed by atoms with Crippen LogP contribution in [-0.2, 0) is 4.79 Å². The Kier molecular flexibility index (Phi) is 5.79. The molecule has 2 aromatic carbocycles. The molecule has 0 aliphatic rings. The van der Waals surface area contributed by atoms with Gasteiger partial charge in [-0.2, -0.15) is 0 Å². The number of nitrogens with one attached hydrogen (secondary N) is 1. The number of carbonyl (C=O) groups excluding carboxylic acids is 1. The SMILES string of the molecule is COc1cc(/C=C/C(=O)Nc2cc(-c3cncc(F)c3)ccc2C)ccc1F. The van der Waals surface area contributed by atoms with Gasteiger partial charge in [0.15, 0.2) is 11.6 Å². The van der Waals surface area contributed by atoms with Gasteiger partial charge in [-0.25, -0.2) is 8.78 Å². The quantitative estimate of drug-likeness (QED) is 0.634. The number of halogens is 2. The second-order valence-electron chi connectivity index (χ2n) is 6.14. The molecule has 0 radical (unpaired) electrons. The van der Waals surface area contributed by atoms with Crippen LogP contribution in [-0.4, -0.2) is 18.0 Å². The van der Waals surface area contributed by atoms with E-state index in [0.29, 0.717) is 16.8 Å². The third kappa shape index (κ3) is 4.59. The summed E-state index contributed by atoms with van der Waals surface area (Å²) in [6.45, 7) is 1.86. The second kappa shape index (κ2) is 8.43. The van der Waals surface area contributed by atoms with Crippen LogP contribution in [0.1, 0.15) is 11.1 Å². The van der Waals surface area contributed by atoms with Gasteiger partial charge in [-0.1, -0.05) is 18.2 Å². The van der Waals surface area contributed by atoms with E-state index in [9.17, 15) is 13.6 Å². The van der Waals surface area contributed by atoms with Crippen molar-refractivity contribution in [3.05, 3.63) is 83.7 Å². The Morgan fingerprint density at radius 1 is 1.07 bits per heavy atom. The molecule has 1 N–H and O–H groups in total. The van der Waals surface area contributed by atoms with Crippen molar-refractivity contribution in [2.45, 2.75) is 6.92 Å². The van der Waals surface area contributed by atoms with Gasteiger partial charge in [0.25, 0.3) is 0 Å². The Bertz CT molecular complexity index is 1050. The van der Waals surface area contributed by atoms with Crippen molar-refractivity contribution < 1.29 is 18.3 Å². The average molecular weight is 380 g/mol. The summed E-state index contributed by atoms with van der Waals surface area (Å²) in [5.41, 5.74) is 3.45. The number of aryl methyl sites for hydroxylation is 1. The van der Waals surface area contributed by atoms with Crippen LogP contribution in [0, 0.1) is 18.6 Å². The number of nitrogens with zero attached hydrogens (tertiary/aromatic N) is 1. The van der Waals surface area contributed by atoms with Crippen molar-refractivity contribution >= 4 is 17.7 Å². The van der Waals surface area contributed by atoms with Crippen molar-refractivity contribution in [3.8, 4) is 16.9 Å². The maximum absolute atomic E-state index is 13.4. The Morgan fingerprint density at radius 2 is 1.89 bits per heavy atom. The summed E-state index contributed by atoms with van der Waals surface area (Å²) in [6.07, 6.45) is 5.60. The monoisotopic (exact) mass is 380 g/mol. The Labute approximate surface area is 161 Å². The summed E-state index contributed by atoms with van der Waals surface area (Å²) >= 11 is 0. The lowest BCUT2D eigenvalue weighted by molar-refractivity contribution is -0.111. The molecule has 142 valence electrons. The molecular formula is C22H18F2N2O2. The minimum Gasteiger partial charge on any atom is -0.494 e. The number of aromatic nitrogens is 1. The fraction of sp³-hybridized carbons (Fsp3) is 0.0909. The topological polar surface area (TPSA) is 51.2 Å². The van der Waals surface area contributed by atoms with E-state index in [-0.39, 0.29) is 11.7 Å². The molecule has 0 aliphatic carbocycles. The minimum atomic E-state index is -0.469. The fourth-order valence-electron chi connectivity index (χ4n) is 2.63. The predicted molar refractivity (Wildman–Crippen MR) is 105 cm³/mol. The van der Waals surface area contributed by atoms with Crippen molar-refractivity contribution in [1.82, 2.24) is 4.98 Å². The molecule has 0 atom stereocenters. The molecule has 1 heterocycles. The maximum Gasteiger partial charge on any atom is 0.248 e. The number of ether oxygens (including phenoxy) is 1. The molecule has 1 aromatic heterocycles. The van der Waals surface area contributed by atoms with Gasteiger partial charge in [0.2, 0.25) is 5.91 Å².